The van der Waals surface area contributed by atoms with Gasteiger partial charge in [-0.05, 0) is 24.3 Å². The first-order valence-electron chi connectivity index (χ1n) is 5.85. The highest BCUT2D eigenvalue weighted by Crippen LogP contribution is 2.30. The molecule has 0 bridgehead atoms. The van der Waals surface area contributed by atoms with Crippen molar-refractivity contribution in [3.8, 4) is 6.07 Å². The number of aromatic nitrogens is 1. The van der Waals surface area contributed by atoms with Crippen LogP contribution in [0.25, 0.3) is 0 Å². The summed E-state index contributed by atoms with van der Waals surface area (Å²) in [6, 6.07) is 9.88. The number of nitriles is 1. The van der Waals surface area contributed by atoms with Crippen LogP contribution in [0, 0.1) is 21.4 Å². The van der Waals surface area contributed by atoms with Crippen molar-refractivity contribution in [2.24, 2.45) is 0 Å². The Morgan fingerprint density at radius 2 is 2.14 bits per heavy atom. The number of benzene rings is 1. The Kier molecular flexibility index (Phi) is 4.35. The fourth-order valence-corrected chi connectivity index (χ4v) is 2.04. The lowest BCUT2D eigenvalue weighted by Crippen LogP contribution is -2.03. The van der Waals surface area contributed by atoms with Crippen LogP contribution in [0.4, 0.5) is 23.0 Å². The van der Waals surface area contributed by atoms with Crippen molar-refractivity contribution in [2.45, 2.75) is 0 Å². The molecule has 1 heterocycles. The van der Waals surface area contributed by atoms with E-state index in [1.54, 1.807) is 25.2 Å². The van der Waals surface area contributed by atoms with E-state index >= 15 is 0 Å². The number of nitrogens with one attached hydrogen (secondary N) is 2. The number of anilines is 3. The number of halogens is 1. The van der Waals surface area contributed by atoms with E-state index in [0.717, 1.165) is 4.47 Å². The van der Waals surface area contributed by atoms with Crippen LogP contribution in [0.1, 0.15) is 5.56 Å². The molecule has 8 heteroatoms. The maximum Gasteiger partial charge on any atom is 0.311 e. The van der Waals surface area contributed by atoms with Crippen LogP contribution in [-0.2, 0) is 0 Å². The Morgan fingerprint density at radius 1 is 1.38 bits per heavy atom. The lowest BCUT2D eigenvalue weighted by atomic mass is 10.2. The van der Waals surface area contributed by atoms with E-state index in [1.807, 2.05) is 6.07 Å². The van der Waals surface area contributed by atoms with Gasteiger partial charge in [0.05, 0.1) is 16.2 Å². The molecule has 0 spiro atoms. The molecule has 0 amide bonds. The van der Waals surface area contributed by atoms with Crippen molar-refractivity contribution in [2.75, 3.05) is 17.7 Å². The minimum Gasteiger partial charge on any atom is -0.373 e. The van der Waals surface area contributed by atoms with Crippen molar-refractivity contribution in [1.82, 2.24) is 4.98 Å². The zero-order valence-electron chi connectivity index (χ0n) is 10.9. The van der Waals surface area contributed by atoms with Crippen molar-refractivity contribution in [1.29, 1.82) is 5.26 Å². The molecule has 106 valence electrons. The van der Waals surface area contributed by atoms with Crippen LogP contribution >= 0.6 is 15.9 Å². The van der Waals surface area contributed by atoms with Gasteiger partial charge in [-0.15, -0.1) is 0 Å². The second kappa shape index (κ2) is 6.19. The molecular weight excluding hydrogens is 338 g/mol. The van der Waals surface area contributed by atoms with Crippen molar-refractivity contribution >= 4 is 38.9 Å². The third-order valence-corrected chi connectivity index (χ3v) is 3.18. The Balaban J connectivity index is 2.50. The Bertz CT molecular complexity index is 742. The molecule has 2 N–H and O–H groups in total. The summed E-state index contributed by atoms with van der Waals surface area (Å²) in [4.78, 5) is 14.7. The monoisotopic (exact) mass is 347 g/mol. The predicted octanol–water partition coefficient (Wildman–Crippen LogP) is 3.41. The van der Waals surface area contributed by atoms with Crippen molar-refractivity contribution in [3.63, 3.8) is 0 Å². The minimum atomic E-state index is -0.529. The van der Waals surface area contributed by atoms with Gasteiger partial charge in [-0.2, -0.15) is 5.26 Å². The van der Waals surface area contributed by atoms with E-state index in [0.29, 0.717) is 17.1 Å². The van der Waals surface area contributed by atoms with Gasteiger partial charge in [0.1, 0.15) is 11.9 Å². The highest BCUT2D eigenvalue weighted by Gasteiger charge is 2.17. The minimum absolute atomic E-state index is 0.0708. The second-order valence-electron chi connectivity index (χ2n) is 4.00. The number of nitro groups is 1. The zero-order chi connectivity index (χ0) is 15.4. The SMILES string of the molecule is CNc1ccc([N+](=O)[O-])c(Nc2cc(Br)ccc2C#N)n1. The summed E-state index contributed by atoms with van der Waals surface area (Å²) in [5, 5.41) is 25.8. The van der Waals surface area contributed by atoms with E-state index in [4.69, 9.17) is 5.26 Å². The summed E-state index contributed by atoms with van der Waals surface area (Å²) >= 11 is 3.30. The topological polar surface area (TPSA) is 104 Å². The predicted molar refractivity (Wildman–Crippen MR) is 82.6 cm³/mol. The largest absolute Gasteiger partial charge is 0.373 e. The number of nitrogens with zero attached hydrogens (tertiary/aromatic N) is 3. The Morgan fingerprint density at radius 3 is 2.76 bits per heavy atom. The third-order valence-electron chi connectivity index (χ3n) is 2.68. The van der Waals surface area contributed by atoms with E-state index < -0.39 is 4.92 Å². The molecule has 21 heavy (non-hydrogen) atoms. The Hall–Kier alpha value is -2.66. The molecule has 0 fully saturated rings. The van der Waals surface area contributed by atoms with Crippen molar-refractivity contribution in [3.05, 3.63) is 50.5 Å². The van der Waals surface area contributed by atoms with Crippen molar-refractivity contribution < 1.29 is 4.92 Å². The first kappa shape index (κ1) is 14.7. The fraction of sp³-hybridized carbons (Fsp3) is 0.0769. The standard InChI is InChI=1S/C13H10BrN5O2/c1-16-12-5-4-11(19(20)21)13(18-12)17-10-6-9(14)3-2-8(10)7-15/h2-6H,1H3,(H2,16,17,18). The molecule has 1 aromatic heterocycles. The van der Waals surface area contributed by atoms with Gasteiger partial charge in [-0.25, -0.2) is 4.98 Å². The molecular formula is C13H10BrN5O2. The lowest BCUT2D eigenvalue weighted by molar-refractivity contribution is -0.384. The molecule has 1 aromatic carbocycles. The molecule has 2 aromatic rings. The number of pyridine rings is 1. The van der Waals surface area contributed by atoms with Crippen LogP contribution in [0.3, 0.4) is 0 Å². The van der Waals surface area contributed by atoms with Gasteiger partial charge >= 0.3 is 5.69 Å². The van der Waals surface area contributed by atoms with E-state index in [1.165, 1.54) is 12.1 Å². The van der Waals surface area contributed by atoms with Gasteiger partial charge in [0.2, 0.25) is 5.82 Å². The number of hydrogen-bond donors (Lipinski definition) is 2. The highest BCUT2D eigenvalue weighted by molar-refractivity contribution is 9.10. The van der Waals surface area contributed by atoms with E-state index in [9.17, 15) is 10.1 Å². The highest BCUT2D eigenvalue weighted by atomic mass is 79.9. The van der Waals surface area contributed by atoms with Crippen LogP contribution in [0.15, 0.2) is 34.8 Å². The third kappa shape index (κ3) is 3.27. The van der Waals surface area contributed by atoms with Gasteiger partial charge < -0.3 is 10.6 Å². The summed E-state index contributed by atoms with van der Waals surface area (Å²) in [6.45, 7) is 0. The quantitative estimate of drug-likeness (QED) is 0.648. The molecule has 0 radical (unpaired) electrons. The maximum atomic E-state index is 11.1. The molecule has 0 aliphatic heterocycles. The van der Waals surface area contributed by atoms with Gasteiger partial charge in [0, 0.05) is 17.6 Å². The maximum absolute atomic E-state index is 11.1. The van der Waals surface area contributed by atoms with E-state index in [2.05, 4.69) is 31.5 Å². The molecule has 7 nitrogen and oxygen atoms in total. The van der Waals surface area contributed by atoms with Crippen LogP contribution in [0.5, 0.6) is 0 Å². The molecule has 0 aliphatic carbocycles. The van der Waals surface area contributed by atoms with Gasteiger partial charge in [-0.1, -0.05) is 15.9 Å². The summed E-state index contributed by atoms with van der Waals surface area (Å²) in [6.07, 6.45) is 0. The first-order chi connectivity index (χ1) is 10.0. The summed E-state index contributed by atoms with van der Waals surface area (Å²) in [7, 11) is 1.66. The molecule has 0 saturated heterocycles. The Labute approximate surface area is 128 Å². The normalized spacial score (nSPS) is 9.76. The van der Waals surface area contributed by atoms with Gasteiger partial charge in [0.25, 0.3) is 0 Å². The van der Waals surface area contributed by atoms with Gasteiger partial charge in [-0.3, -0.25) is 10.1 Å². The average Bonchev–Trinajstić information content (AvgIpc) is 2.47. The fourth-order valence-electron chi connectivity index (χ4n) is 1.68. The summed E-state index contributed by atoms with van der Waals surface area (Å²) in [5.41, 5.74) is 0.637. The smallest absolute Gasteiger partial charge is 0.311 e. The molecule has 0 atom stereocenters. The second-order valence-corrected chi connectivity index (χ2v) is 4.91. The lowest BCUT2D eigenvalue weighted by Gasteiger charge is -2.09. The van der Waals surface area contributed by atoms with Crippen LogP contribution in [-0.4, -0.2) is 17.0 Å². The number of hydrogen-bond acceptors (Lipinski definition) is 6. The van der Waals surface area contributed by atoms with Crippen LogP contribution in [0.2, 0.25) is 0 Å². The van der Waals surface area contributed by atoms with Crippen LogP contribution < -0.4 is 10.6 Å². The zero-order valence-corrected chi connectivity index (χ0v) is 12.5. The first-order valence-corrected chi connectivity index (χ1v) is 6.64. The molecule has 0 saturated carbocycles. The average molecular weight is 348 g/mol. The summed E-state index contributed by atoms with van der Waals surface area (Å²) in [5.74, 6) is 0.554. The molecule has 0 unspecified atom stereocenters. The summed E-state index contributed by atoms with van der Waals surface area (Å²) < 4.78 is 0.747. The number of rotatable bonds is 4. The molecule has 0 aliphatic rings. The van der Waals surface area contributed by atoms with Gasteiger partial charge in [0.15, 0.2) is 0 Å². The van der Waals surface area contributed by atoms with E-state index in [-0.39, 0.29) is 11.5 Å². The molecule has 2 rings (SSSR count).